The Labute approximate surface area is 173 Å². The van der Waals surface area contributed by atoms with E-state index in [2.05, 4.69) is 22.4 Å². The maximum Gasteiger partial charge on any atom is 0.226 e. The minimum Gasteiger partial charge on any atom is -0.493 e. The highest BCUT2D eigenvalue weighted by Crippen LogP contribution is 2.33. The normalized spacial score (nSPS) is 10.5. The summed E-state index contributed by atoms with van der Waals surface area (Å²) in [4.78, 5) is 17.9. The average Bonchev–Trinajstić information content (AvgIpc) is 3.19. The predicted octanol–water partition coefficient (Wildman–Crippen LogP) is 4.28. The van der Waals surface area contributed by atoms with Crippen LogP contribution in [0.15, 0.2) is 58.8 Å². The van der Waals surface area contributed by atoms with Gasteiger partial charge in [0.2, 0.25) is 5.91 Å². The molecule has 28 heavy (non-hydrogen) atoms. The van der Waals surface area contributed by atoms with Crippen LogP contribution in [0.4, 0.5) is 0 Å². The zero-order chi connectivity index (χ0) is 19.8. The van der Waals surface area contributed by atoms with Crippen molar-refractivity contribution in [3.05, 3.63) is 59.6 Å². The number of amides is 1. The predicted molar refractivity (Wildman–Crippen MR) is 115 cm³/mol. The van der Waals surface area contributed by atoms with Crippen molar-refractivity contribution in [2.75, 3.05) is 26.5 Å². The number of carbonyl (C=O) groups is 1. The second kappa shape index (κ2) is 10.1. The van der Waals surface area contributed by atoms with Gasteiger partial charge in [0.1, 0.15) is 5.01 Å². The van der Waals surface area contributed by atoms with E-state index in [9.17, 15) is 4.79 Å². The molecule has 0 saturated carbocycles. The van der Waals surface area contributed by atoms with Crippen molar-refractivity contribution in [1.82, 2.24) is 10.3 Å². The van der Waals surface area contributed by atoms with Gasteiger partial charge in [-0.2, -0.15) is 0 Å². The third kappa shape index (κ3) is 5.50. The van der Waals surface area contributed by atoms with Gasteiger partial charge in [-0.3, -0.25) is 4.79 Å². The molecule has 0 atom stereocenters. The summed E-state index contributed by atoms with van der Waals surface area (Å²) in [5, 5.41) is 5.72. The fraction of sp³-hybridized carbons (Fsp3) is 0.238. The van der Waals surface area contributed by atoms with Crippen LogP contribution in [0.3, 0.4) is 0 Å². The standard InChI is InChI=1S/C21H22N2O3S2/c1-25-18-9-8-15(12-19(18)26-2)21-23-16(14-28-21)13-20(24)22-10-11-27-17-6-4-3-5-7-17/h3-9,12,14H,10-11,13H2,1-2H3,(H,22,24). The largest absolute Gasteiger partial charge is 0.493 e. The molecule has 0 fully saturated rings. The lowest BCUT2D eigenvalue weighted by atomic mass is 10.2. The smallest absolute Gasteiger partial charge is 0.226 e. The van der Waals surface area contributed by atoms with Crippen LogP contribution < -0.4 is 14.8 Å². The van der Waals surface area contributed by atoms with Gasteiger partial charge < -0.3 is 14.8 Å². The molecule has 0 aliphatic heterocycles. The second-order valence-corrected chi connectivity index (χ2v) is 7.93. The maximum atomic E-state index is 12.2. The van der Waals surface area contributed by atoms with E-state index >= 15 is 0 Å². The van der Waals surface area contributed by atoms with Crippen LogP contribution in [0.25, 0.3) is 10.6 Å². The number of nitrogens with zero attached hydrogens (tertiary/aromatic N) is 1. The molecule has 2 aromatic carbocycles. The Morgan fingerprint density at radius 2 is 1.89 bits per heavy atom. The zero-order valence-corrected chi connectivity index (χ0v) is 17.4. The lowest BCUT2D eigenvalue weighted by Crippen LogP contribution is -2.27. The van der Waals surface area contributed by atoms with Crippen LogP contribution in [0.2, 0.25) is 0 Å². The van der Waals surface area contributed by atoms with Crippen molar-refractivity contribution in [2.24, 2.45) is 0 Å². The Bertz CT molecular complexity index is 913. The van der Waals surface area contributed by atoms with Gasteiger partial charge in [0, 0.05) is 28.1 Å². The summed E-state index contributed by atoms with van der Waals surface area (Å²) in [6, 6.07) is 15.8. The molecular formula is C21H22N2O3S2. The zero-order valence-electron chi connectivity index (χ0n) is 15.8. The summed E-state index contributed by atoms with van der Waals surface area (Å²) in [5.41, 5.74) is 1.71. The van der Waals surface area contributed by atoms with Crippen molar-refractivity contribution < 1.29 is 14.3 Å². The van der Waals surface area contributed by atoms with Gasteiger partial charge in [0.25, 0.3) is 0 Å². The Balaban J connectivity index is 1.50. The molecule has 1 heterocycles. The maximum absolute atomic E-state index is 12.2. The number of methoxy groups -OCH3 is 2. The molecule has 5 nitrogen and oxygen atoms in total. The highest BCUT2D eigenvalue weighted by molar-refractivity contribution is 7.99. The summed E-state index contributed by atoms with van der Waals surface area (Å²) in [6.45, 7) is 0.630. The van der Waals surface area contributed by atoms with Gasteiger partial charge in [-0.1, -0.05) is 18.2 Å². The molecule has 1 amide bonds. The lowest BCUT2D eigenvalue weighted by Gasteiger charge is -2.08. The van der Waals surface area contributed by atoms with Gasteiger partial charge in [-0.15, -0.1) is 23.1 Å². The Morgan fingerprint density at radius 3 is 2.64 bits per heavy atom. The number of aromatic nitrogens is 1. The summed E-state index contributed by atoms with van der Waals surface area (Å²) >= 11 is 3.24. The Hall–Kier alpha value is -2.51. The van der Waals surface area contributed by atoms with Crippen LogP contribution in [0.5, 0.6) is 11.5 Å². The first-order valence-electron chi connectivity index (χ1n) is 8.81. The van der Waals surface area contributed by atoms with Gasteiger partial charge >= 0.3 is 0 Å². The number of nitrogens with one attached hydrogen (secondary N) is 1. The minimum absolute atomic E-state index is 0.0159. The molecule has 146 valence electrons. The van der Waals surface area contributed by atoms with Gasteiger partial charge in [0.15, 0.2) is 11.5 Å². The van der Waals surface area contributed by atoms with Crippen LogP contribution in [-0.2, 0) is 11.2 Å². The molecule has 0 aliphatic carbocycles. The van der Waals surface area contributed by atoms with E-state index < -0.39 is 0 Å². The second-order valence-electron chi connectivity index (χ2n) is 5.90. The van der Waals surface area contributed by atoms with Crippen LogP contribution >= 0.6 is 23.1 Å². The molecule has 0 radical (unpaired) electrons. The van der Waals surface area contributed by atoms with Gasteiger partial charge in [-0.25, -0.2) is 4.98 Å². The number of thioether (sulfide) groups is 1. The fourth-order valence-corrected chi connectivity index (χ4v) is 4.20. The van der Waals surface area contributed by atoms with Crippen molar-refractivity contribution in [3.8, 4) is 22.1 Å². The third-order valence-corrected chi connectivity index (χ3v) is 5.91. The monoisotopic (exact) mass is 414 g/mol. The number of hydrogen-bond acceptors (Lipinski definition) is 6. The number of ether oxygens (including phenoxy) is 2. The first-order valence-corrected chi connectivity index (χ1v) is 10.7. The topological polar surface area (TPSA) is 60.5 Å². The molecule has 0 unspecified atom stereocenters. The summed E-state index contributed by atoms with van der Waals surface area (Å²) in [5.74, 6) is 2.16. The molecule has 1 aromatic heterocycles. The number of carbonyl (C=O) groups excluding carboxylic acids is 1. The van der Waals surface area contributed by atoms with E-state index in [0.717, 1.165) is 22.0 Å². The molecule has 3 rings (SSSR count). The van der Waals surface area contributed by atoms with Crippen molar-refractivity contribution in [3.63, 3.8) is 0 Å². The van der Waals surface area contributed by atoms with E-state index in [1.165, 1.54) is 16.2 Å². The van der Waals surface area contributed by atoms with E-state index in [1.807, 2.05) is 41.8 Å². The molecule has 3 aromatic rings. The first-order chi connectivity index (χ1) is 13.7. The van der Waals surface area contributed by atoms with E-state index in [4.69, 9.17) is 9.47 Å². The summed E-state index contributed by atoms with van der Waals surface area (Å²) in [6.07, 6.45) is 0.278. The van der Waals surface area contributed by atoms with Crippen molar-refractivity contribution >= 4 is 29.0 Å². The van der Waals surface area contributed by atoms with Crippen LogP contribution in [0.1, 0.15) is 5.69 Å². The SMILES string of the molecule is COc1ccc(-c2nc(CC(=O)NCCSc3ccccc3)cs2)cc1OC. The van der Waals surface area contributed by atoms with Crippen LogP contribution in [0, 0.1) is 0 Å². The fourth-order valence-electron chi connectivity index (χ4n) is 2.59. The van der Waals surface area contributed by atoms with Gasteiger partial charge in [0.05, 0.1) is 26.3 Å². The molecule has 0 aliphatic rings. The summed E-state index contributed by atoms with van der Waals surface area (Å²) in [7, 11) is 3.21. The van der Waals surface area contributed by atoms with E-state index in [1.54, 1.807) is 26.0 Å². The van der Waals surface area contributed by atoms with Crippen molar-refractivity contribution in [1.29, 1.82) is 0 Å². The molecular weight excluding hydrogens is 392 g/mol. The minimum atomic E-state index is -0.0159. The van der Waals surface area contributed by atoms with Crippen LogP contribution in [-0.4, -0.2) is 37.4 Å². The number of rotatable bonds is 9. The van der Waals surface area contributed by atoms with Gasteiger partial charge in [-0.05, 0) is 30.3 Å². The van der Waals surface area contributed by atoms with E-state index in [-0.39, 0.29) is 12.3 Å². The molecule has 0 saturated heterocycles. The highest BCUT2D eigenvalue weighted by atomic mass is 32.2. The summed E-state index contributed by atoms with van der Waals surface area (Å²) < 4.78 is 10.6. The quantitative estimate of drug-likeness (QED) is 0.418. The number of thiazole rings is 1. The molecule has 1 N–H and O–H groups in total. The van der Waals surface area contributed by atoms with Crippen molar-refractivity contribution in [2.45, 2.75) is 11.3 Å². The average molecular weight is 415 g/mol. The lowest BCUT2D eigenvalue weighted by molar-refractivity contribution is -0.120. The highest BCUT2D eigenvalue weighted by Gasteiger charge is 2.11. The third-order valence-electron chi connectivity index (χ3n) is 3.96. The first kappa shape index (κ1) is 20.2. The molecule has 0 bridgehead atoms. The van der Waals surface area contributed by atoms with E-state index in [0.29, 0.717) is 18.0 Å². The molecule has 7 heteroatoms. The molecule has 0 spiro atoms. The number of benzene rings is 2. The Kier molecular flexibility index (Phi) is 7.33. The number of hydrogen-bond donors (Lipinski definition) is 1. The Morgan fingerprint density at radius 1 is 1.11 bits per heavy atom.